The maximum atomic E-state index is 13.0. The SMILES string of the molecule is Cc1cccc(COc2c(Cl)cc(/C=C3/SC(=O)N(CC(=O)N4CCN(c5ccccc5)CC4)C3=O)cc2Cl)c1. The van der Waals surface area contributed by atoms with Crippen LogP contribution >= 0.6 is 35.0 Å². The lowest BCUT2D eigenvalue weighted by Crippen LogP contribution is -2.51. The molecule has 2 fully saturated rings. The van der Waals surface area contributed by atoms with E-state index in [1.54, 1.807) is 23.1 Å². The Hall–Kier alpha value is -3.46. The van der Waals surface area contributed by atoms with Gasteiger partial charge in [0.05, 0.1) is 15.0 Å². The molecule has 2 saturated heterocycles. The Bertz CT molecular complexity index is 1450. The van der Waals surface area contributed by atoms with Gasteiger partial charge in [-0.1, -0.05) is 71.2 Å². The molecule has 0 aromatic heterocycles. The molecule has 0 unspecified atom stereocenters. The van der Waals surface area contributed by atoms with Crippen molar-refractivity contribution >= 4 is 63.8 Å². The fraction of sp³-hybridized carbons (Fsp3) is 0.233. The van der Waals surface area contributed by atoms with Crippen LogP contribution in [0.25, 0.3) is 6.08 Å². The van der Waals surface area contributed by atoms with E-state index in [0.29, 0.717) is 44.1 Å². The van der Waals surface area contributed by atoms with Crippen LogP contribution in [0.1, 0.15) is 16.7 Å². The number of carbonyl (C=O) groups is 3. The number of thioether (sulfide) groups is 1. The zero-order chi connectivity index (χ0) is 28.2. The smallest absolute Gasteiger partial charge is 0.294 e. The molecule has 3 aromatic rings. The van der Waals surface area contributed by atoms with Gasteiger partial charge in [-0.2, -0.15) is 0 Å². The minimum absolute atomic E-state index is 0.201. The molecule has 0 bridgehead atoms. The van der Waals surface area contributed by atoms with Crippen molar-refractivity contribution in [1.82, 2.24) is 9.80 Å². The molecule has 2 aliphatic heterocycles. The Labute approximate surface area is 247 Å². The summed E-state index contributed by atoms with van der Waals surface area (Å²) in [5, 5.41) is 0.0914. The van der Waals surface area contributed by atoms with E-state index >= 15 is 0 Å². The molecule has 206 valence electrons. The number of piperazine rings is 1. The van der Waals surface area contributed by atoms with Crippen LogP contribution in [0.5, 0.6) is 5.75 Å². The van der Waals surface area contributed by atoms with Gasteiger partial charge in [-0.05, 0) is 60.2 Å². The Kier molecular flexibility index (Phi) is 8.69. The number of halogens is 2. The highest BCUT2D eigenvalue weighted by Gasteiger charge is 2.37. The summed E-state index contributed by atoms with van der Waals surface area (Å²) in [7, 11) is 0. The summed E-state index contributed by atoms with van der Waals surface area (Å²) in [4.78, 5) is 43.7. The average Bonchev–Trinajstić information content (AvgIpc) is 3.20. The van der Waals surface area contributed by atoms with Crippen molar-refractivity contribution in [3.8, 4) is 5.75 Å². The lowest BCUT2D eigenvalue weighted by atomic mass is 10.1. The van der Waals surface area contributed by atoms with Crippen molar-refractivity contribution in [2.75, 3.05) is 37.6 Å². The normalized spacial score (nSPS) is 16.7. The number of rotatable bonds is 7. The molecule has 2 heterocycles. The third-order valence-corrected chi connectivity index (χ3v) is 8.17. The lowest BCUT2D eigenvalue weighted by Gasteiger charge is -2.36. The zero-order valence-corrected chi connectivity index (χ0v) is 24.1. The number of amides is 3. The molecule has 0 aliphatic carbocycles. The molecule has 0 spiro atoms. The van der Waals surface area contributed by atoms with Gasteiger partial charge in [-0.3, -0.25) is 19.3 Å². The van der Waals surface area contributed by atoms with Gasteiger partial charge in [0, 0.05) is 31.9 Å². The quantitative estimate of drug-likeness (QED) is 0.300. The first-order chi connectivity index (χ1) is 19.3. The molecule has 0 N–H and O–H groups in total. The fourth-order valence-electron chi connectivity index (χ4n) is 4.63. The first-order valence-corrected chi connectivity index (χ1v) is 14.4. The first kappa shape index (κ1) is 28.1. The number of ether oxygens (including phenoxy) is 1. The molecule has 10 heteroatoms. The van der Waals surface area contributed by atoms with Gasteiger partial charge < -0.3 is 14.5 Å². The van der Waals surface area contributed by atoms with Crippen molar-refractivity contribution in [3.63, 3.8) is 0 Å². The molecule has 5 rings (SSSR count). The van der Waals surface area contributed by atoms with Gasteiger partial charge in [-0.25, -0.2) is 0 Å². The van der Waals surface area contributed by atoms with Gasteiger partial charge in [0.15, 0.2) is 5.75 Å². The van der Waals surface area contributed by atoms with Gasteiger partial charge in [-0.15, -0.1) is 0 Å². The van der Waals surface area contributed by atoms with Crippen molar-refractivity contribution < 1.29 is 19.1 Å². The first-order valence-electron chi connectivity index (χ1n) is 12.8. The van der Waals surface area contributed by atoms with Crippen LogP contribution in [0.3, 0.4) is 0 Å². The number of imide groups is 1. The van der Waals surface area contributed by atoms with E-state index < -0.39 is 11.1 Å². The van der Waals surface area contributed by atoms with E-state index in [0.717, 1.165) is 33.5 Å². The second-order valence-corrected chi connectivity index (χ2v) is 11.4. The fourth-order valence-corrected chi connectivity index (χ4v) is 6.09. The second-order valence-electron chi connectivity index (χ2n) is 9.56. The van der Waals surface area contributed by atoms with E-state index in [1.165, 1.54) is 0 Å². The minimum atomic E-state index is -0.515. The van der Waals surface area contributed by atoms with Crippen molar-refractivity contribution in [2.45, 2.75) is 13.5 Å². The van der Waals surface area contributed by atoms with Crippen LogP contribution in [-0.2, 0) is 16.2 Å². The van der Waals surface area contributed by atoms with E-state index in [-0.39, 0.29) is 27.4 Å². The van der Waals surface area contributed by atoms with Crippen LogP contribution in [0, 0.1) is 6.92 Å². The molecule has 7 nitrogen and oxygen atoms in total. The topological polar surface area (TPSA) is 70.2 Å². The Morgan fingerprint density at radius 3 is 2.33 bits per heavy atom. The largest absolute Gasteiger partial charge is 0.486 e. The number of nitrogens with zero attached hydrogens (tertiary/aromatic N) is 3. The highest BCUT2D eigenvalue weighted by atomic mass is 35.5. The van der Waals surface area contributed by atoms with Crippen LogP contribution in [0.15, 0.2) is 71.6 Å². The number of aryl methyl sites for hydroxylation is 1. The van der Waals surface area contributed by atoms with Crippen LogP contribution in [0.4, 0.5) is 10.5 Å². The van der Waals surface area contributed by atoms with Crippen molar-refractivity contribution in [2.24, 2.45) is 0 Å². The Morgan fingerprint density at radius 1 is 0.950 bits per heavy atom. The maximum Gasteiger partial charge on any atom is 0.294 e. The molecule has 0 radical (unpaired) electrons. The molecule has 2 aliphatic rings. The maximum absolute atomic E-state index is 13.0. The third kappa shape index (κ3) is 6.46. The van der Waals surface area contributed by atoms with Gasteiger partial charge in [0.1, 0.15) is 13.2 Å². The molecular formula is C30H27Cl2N3O4S. The van der Waals surface area contributed by atoms with Crippen molar-refractivity contribution in [1.29, 1.82) is 0 Å². The summed E-state index contributed by atoms with van der Waals surface area (Å²) in [5.74, 6) is -0.427. The van der Waals surface area contributed by atoms with E-state index in [9.17, 15) is 14.4 Å². The average molecular weight is 597 g/mol. The summed E-state index contributed by atoms with van der Waals surface area (Å²) >= 11 is 13.7. The molecular weight excluding hydrogens is 569 g/mol. The summed E-state index contributed by atoms with van der Waals surface area (Å²) in [6.07, 6.45) is 1.55. The van der Waals surface area contributed by atoms with E-state index in [2.05, 4.69) is 4.90 Å². The molecule has 0 saturated carbocycles. The third-order valence-electron chi connectivity index (χ3n) is 6.70. The standard InChI is InChI=1S/C30H27Cl2N3O4S/c1-20-6-5-7-21(14-20)19-39-28-24(31)15-22(16-25(28)32)17-26-29(37)35(30(38)40-26)18-27(36)34-12-10-33(11-13-34)23-8-3-2-4-9-23/h2-9,14-17H,10-13,18-19H2,1H3/b26-17+. The Balaban J connectivity index is 1.20. The van der Waals surface area contributed by atoms with Gasteiger partial charge in [0.25, 0.3) is 11.1 Å². The monoisotopic (exact) mass is 595 g/mol. The summed E-state index contributed by atoms with van der Waals surface area (Å²) < 4.78 is 5.86. The summed E-state index contributed by atoms with van der Waals surface area (Å²) in [5.41, 5.74) is 3.76. The molecule has 3 amide bonds. The number of benzene rings is 3. The van der Waals surface area contributed by atoms with E-state index in [1.807, 2.05) is 61.5 Å². The number of carbonyl (C=O) groups excluding carboxylic acids is 3. The molecule has 40 heavy (non-hydrogen) atoms. The lowest BCUT2D eigenvalue weighted by molar-refractivity contribution is -0.136. The van der Waals surface area contributed by atoms with Gasteiger partial charge >= 0.3 is 0 Å². The molecule has 0 atom stereocenters. The van der Waals surface area contributed by atoms with E-state index in [4.69, 9.17) is 27.9 Å². The number of para-hydroxylation sites is 1. The minimum Gasteiger partial charge on any atom is -0.486 e. The summed E-state index contributed by atoms with van der Waals surface area (Å²) in [6.45, 7) is 4.43. The molecule has 3 aromatic carbocycles. The summed E-state index contributed by atoms with van der Waals surface area (Å²) in [6, 6.07) is 21.2. The second kappa shape index (κ2) is 12.4. The van der Waals surface area contributed by atoms with Crippen molar-refractivity contribution in [3.05, 3.63) is 98.4 Å². The van der Waals surface area contributed by atoms with Crippen LogP contribution in [-0.4, -0.2) is 59.6 Å². The number of hydrogen-bond acceptors (Lipinski definition) is 6. The highest BCUT2D eigenvalue weighted by molar-refractivity contribution is 8.18. The number of anilines is 1. The van der Waals surface area contributed by atoms with Gasteiger partial charge in [0.2, 0.25) is 5.91 Å². The predicted molar refractivity (Wildman–Crippen MR) is 160 cm³/mol. The number of hydrogen-bond donors (Lipinski definition) is 0. The van der Waals surface area contributed by atoms with Crippen LogP contribution < -0.4 is 9.64 Å². The zero-order valence-electron chi connectivity index (χ0n) is 21.8. The highest BCUT2D eigenvalue weighted by Crippen LogP contribution is 2.38. The van der Waals surface area contributed by atoms with Crippen LogP contribution in [0.2, 0.25) is 10.0 Å². The predicted octanol–water partition coefficient (Wildman–Crippen LogP) is 6.27. The Morgan fingerprint density at radius 2 is 1.65 bits per heavy atom.